The van der Waals surface area contributed by atoms with Crippen molar-refractivity contribution in [2.75, 3.05) is 0 Å². The molecule has 0 amide bonds. The zero-order valence-corrected chi connectivity index (χ0v) is 23.3. The first-order valence-electron chi connectivity index (χ1n) is 14.4. The van der Waals surface area contributed by atoms with E-state index in [1.807, 2.05) is 24.4 Å². The Balaban J connectivity index is 1.30. The van der Waals surface area contributed by atoms with Crippen molar-refractivity contribution in [2.45, 2.75) is 19.3 Å². The van der Waals surface area contributed by atoms with Crippen LogP contribution in [0.5, 0.6) is 0 Å². The first-order chi connectivity index (χ1) is 20.6. The van der Waals surface area contributed by atoms with Crippen LogP contribution in [-0.4, -0.2) is 9.97 Å². The zero-order valence-electron chi connectivity index (χ0n) is 23.3. The normalized spacial score (nSPS) is 13.7. The van der Waals surface area contributed by atoms with E-state index in [1.54, 1.807) is 0 Å². The quantitative estimate of drug-likeness (QED) is 0.220. The second-order valence-electron chi connectivity index (χ2n) is 11.8. The van der Waals surface area contributed by atoms with Gasteiger partial charge in [0.25, 0.3) is 0 Å². The van der Waals surface area contributed by atoms with E-state index >= 15 is 0 Å². The van der Waals surface area contributed by atoms with E-state index in [4.69, 9.17) is 14.4 Å². The van der Waals surface area contributed by atoms with E-state index in [0.717, 1.165) is 50.0 Å². The minimum Gasteiger partial charge on any atom is -0.455 e. The molecule has 9 rings (SSSR count). The molecule has 5 aromatic carbocycles. The lowest BCUT2D eigenvalue weighted by Gasteiger charge is -2.20. The van der Waals surface area contributed by atoms with Crippen LogP contribution in [-0.2, 0) is 5.41 Å². The van der Waals surface area contributed by atoms with Crippen LogP contribution in [0, 0.1) is 0 Å². The molecule has 0 radical (unpaired) electrons. The Bertz CT molecular complexity index is 2400. The molecular formula is C39H26N2O. The van der Waals surface area contributed by atoms with Crippen LogP contribution in [0.25, 0.3) is 77.3 Å². The molecule has 0 N–H and O–H groups in total. The van der Waals surface area contributed by atoms with Gasteiger partial charge in [-0.2, -0.15) is 0 Å². The van der Waals surface area contributed by atoms with Crippen LogP contribution >= 0.6 is 0 Å². The van der Waals surface area contributed by atoms with Crippen molar-refractivity contribution in [1.82, 2.24) is 9.97 Å². The Hall–Kier alpha value is -5.28. The number of nitrogens with zero attached hydrogens (tertiary/aromatic N) is 2. The monoisotopic (exact) mass is 538 g/mol. The Kier molecular flexibility index (Phi) is 4.67. The fourth-order valence-electron chi connectivity index (χ4n) is 7.06. The average Bonchev–Trinajstić information content (AvgIpc) is 3.52. The van der Waals surface area contributed by atoms with Crippen molar-refractivity contribution < 1.29 is 4.42 Å². The summed E-state index contributed by atoms with van der Waals surface area (Å²) < 4.78 is 6.38. The van der Waals surface area contributed by atoms with Crippen LogP contribution in [0.4, 0.5) is 0 Å². The molecule has 0 saturated carbocycles. The third kappa shape index (κ3) is 3.11. The fourth-order valence-corrected chi connectivity index (χ4v) is 7.06. The number of rotatable bonds is 2. The SMILES string of the molecule is CC1(C)c2cccnc2-c2nc(-c3ccc(-c4cc5c6ccccc6oc5c5ccccc45)c4ccccc34)ccc21. The summed E-state index contributed by atoms with van der Waals surface area (Å²) in [5.41, 5.74) is 10.7. The van der Waals surface area contributed by atoms with Gasteiger partial charge in [-0.3, -0.25) is 4.98 Å². The van der Waals surface area contributed by atoms with E-state index in [-0.39, 0.29) is 5.41 Å². The summed E-state index contributed by atoms with van der Waals surface area (Å²) in [5, 5.41) is 6.97. The molecule has 0 fully saturated rings. The van der Waals surface area contributed by atoms with Gasteiger partial charge in [-0.25, -0.2) is 4.98 Å². The van der Waals surface area contributed by atoms with E-state index in [1.165, 1.54) is 38.4 Å². The summed E-state index contributed by atoms with van der Waals surface area (Å²) in [5.74, 6) is 0. The highest BCUT2D eigenvalue weighted by Gasteiger charge is 2.37. The molecule has 0 unspecified atom stereocenters. The third-order valence-corrected chi connectivity index (χ3v) is 9.15. The molecule has 3 aromatic heterocycles. The van der Waals surface area contributed by atoms with Gasteiger partial charge in [0.1, 0.15) is 11.2 Å². The number of hydrogen-bond acceptors (Lipinski definition) is 3. The molecular weight excluding hydrogens is 512 g/mol. The minimum atomic E-state index is -0.118. The maximum Gasteiger partial charge on any atom is 0.143 e. The third-order valence-electron chi connectivity index (χ3n) is 9.15. The van der Waals surface area contributed by atoms with Crippen LogP contribution in [0.3, 0.4) is 0 Å². The highest BCUT2D eigenvalue weighted by atomic mass is 16.3. The van der Waals surface area contributed by atoms with Crippen molar-refractivity contribution in [3.8, 4) is 33.8 Å². The largest absolute Gasteiger partial charge is 0.455 e. The number of fused-ring (bicyclic) bond motifs is 9. The van der Waals surface area contributed by atoms with Crippen molar-refractivity contribution in [1.29, 1.82) is 0 Å². The Morgan fingerprint density at radius 3 is 1.98 bits per heavy atom. The van der Waals surface area contributed by atoms with Gasteiger partial charge in [-0.05, 0) is 62.7 Å². The van der Waals surface area contributed by atoms with Crippen molar-refractivity contribution in [3.05, 3.63) is 133 Å². The number of benzene rings is 5. The minimum absolute atomic E-state index is 0.118. The van der Waals surface area contributed by atoms with Crippen LogP contribution < -0.4 is 0 Å². The molecule has 3 nitrogen and oxygen atoms in total. The molecule has 0 aliphatic heterocycles. The van der Waals surface area contributed by atoms with Gasteiger partial charge in [-0.15, -0.1) is 0 Å². The average molecular weight is 539 g/mol. The molecule has 0 bridgehead atoms. The van der Waals surface area contributed by atoms with Gasteiger partial charge in [0.15, 0.2) is 0 Å². The number of hydrogen-bond donors (Lipinski definition) is 0. The molecule has 0 spiro atoms. The van der Waals surface area contributed by atoms with Gasteiger partial charge >= 0.3 is 0 Å². The van der Waals surface area contributed by atoms with Crippen LogP contribution in [0.15, 0.2) is 126 Å². The van der Waals surface area contributed by atoms with Crippen molar-refractivity contribution in [3.63, 3.8) is 0 Å². The van der Waals surface area contributed by atoms with E-state index in [9.17, 15) is 0 Å². The molecule has 3 heterocycles. The molecule has 198 valence electrons. The Morgan fingerprint density at radius 1 is 0.524 bits per heavy atom. The molecule has 42 heavy (non-hydrogen) atoms. The van der Waals surface area contributed by atoms with Crippen molar-refractivity contribution in [2.24, 2.45) is 0 Å². The van der Waals surface area contributed by atoms with Gasteiger partial charge in [0.05, 0.1) is 17.1 Å². The molecule has 1 aliphatic rings. The summed E-state index contributed by atoms with van der Waals surface area (Å²) in [4.78, 5) is 10.0. The highest BCUT2D eigenvalue weighted by molar-refractivity contribution is 6.21. The summed E-state index contributed by atoms with van der Waals surface area (Å²) in [6, 6.07) is 41.0. The first-order valence-corrected chi connectivity index (χ1v) is 14.4. The maximum atomic E-state index is 6.38. The first kappa shape index (κ1) is 23.4. The predicted molar refractivity (Wildman–Crippen MR) is 173 cm³/mol. The van der Waals surface area contributed by atoms with E-state index in [2.05, 4.69) is 111 Å². The number of para-hydroxylation sites is 1. The lowest BCUT2D eigenvalue weighted by Crippen LogP contribution is -2.15. The van der Waals surface area contributed by atoms with Gasteiger partial charge in [0, 0.05) is 33.3 Å². The van der Waals surface area contributed by atoms with Crippen molar-refractivity contribution >= 4 is 43.5 Å². The van der Waals surface area contributed by atoms with Crippen LogP contribution in [0.2, 0.25) is 0 Å². The zero-order chi connectivity index (χ0) is 28.0. The summed E-state index contributed by atoms with van der Waals surface area (Å²) in [7, 11) is 0. The topological polar surface area (TPSA) is 38.9 Å². The molecule has 0 atom stereocenters. The fraction of sp³-hybridized carbons (Fsp3) is 0.0769. The molecule has 0 saturated heterocycles. The summed E-state index contributed by atoms with van der Waals surface area (Å²) >= 11 is 0. The summed E-state index contributed by atoms with van der Waals surface area (Å²) in [6.45, 7) is 4.52. The molecule has 8 aromatic rings. The lowest BCUT2D eigenvalue weighted by molar-refractivity contribution is 0.658. The predicted octanol–water partition coefficient (Wildman–Crippen LogP) is 10.3. The van der Waals surface area contributed by atoms with Crippen LogP contribution in [0.1, 0.15) is 25.0 Å². The number of pyridine rings is 2. The highest BCUT2D eigenvalue weighted by Crippen LogP contribution is 2.48. The second kappa shape index (κ2) is 8.37. The van der Waals surface area contributed by atoms with Gasteiger partial charge < -0.3 is 4.42 Å². The van der Waals surface area contributed by atoms with E-state index < -0.39 is 0 Å². The smallest absolute Gasteiger partial charge is 0.143 e. The summed E-state index contributed by atoms with van der Waals surface area (Å²) in [6.07, 6.45) is 1.87. The van der Waals surface area contributed by atoms with E-state index in [0.29, 0.717) is 0 Å². The number of furan rings is 1. The second-order valence-corrected chi connectivity index (χ2v) is 11.8. The maximum absolute atomic E-state index is 6.38. The van der Waals surface area contributed by atoms with Gasteiger partial charge in [0.2, 0.25) is 0 Å². The Labute approximate surface area is 243 Å². The molecule has 1 aliphatic carbocycles. The standard InChI is InChI=1S/C39H26N2O/c1-39(2)32-15-9-21-40-36(32)37-33(39)19-20-34(41-37)27-18-17-26(23-10-3-4-11-24(23)27)30-22-31-28-13-7-8-16-35(28)42-38(31)29-14-6-5-12-25(29)30/h3-22H,1-2H3. The van der Waals surface area contributed by atoms with Gasteiger partial charge in [-0.1, -0.05) is 105 Å². The lowest BCUT2D eigenvalue weighted by atomic mass is 9.83. The Morgan fingerprint density at radius 2 is 1.17 bits per heavy atom. The molecule has 3 heteroatoms. The number of aromatic nitrogens is 2.